The monoisotopic (exact) mass is 326 g/mol. The van der Waals surface area contributed by atoms with E-state index in [1.807, 2.05) is 0 Å². The van der Waals surface area contributed by atoms with Gasteiger partial charge in [-0.25, -0.2) is 9.97 Å². The van der Waals surface area contributed by atoms with Gasteiger partial charge in [-0.3, -0.25) is 14.9 Å². The average molecular weight is 327 g/mol. The molecule has 0 radical (unpaired) electrons. The number of benzene rings is 1. The van der Waals surface area contributed by atoms with E-state index in [9.17, 15) is 14.9 Å². The highest BCUT2D eigenvalue weighted by molar-refractivity contribution is 6.32. The Balaban J connectivity index is 2.02. The molecule has 0 saturated carbocycles. The van der Waals surface area contributed by atoms with Gasteiger partial charge in [-0.2, -0.15) is 0 Å². The standard InChI is InChI=1S/C12H8Cl2N4O3/c13-9-6-10(17-12(14)15-9)16-11(19)5-7-1-3-8(4-2-7)18(20)21/h1-4,6H,5H2,(H,15,16,17,19). The van der Waals surface area contributed by atoms with Gasteiger partial charge in [0.15, 0.2) is 0 Å². The number of aromatic nitrogens is 2. The molecular formula is C12H8Cl2N4O3. The summed E-state index contributed by atoms with van der Waals surface area (Å²) in [5.74, 6) is -0.165. The molecule has 21 heavy (non-hydrogen) atoms. The number of nitrogens with one attached hydrogen (secondary N) is 1. The molecule has 1 heterocycles. The lowest BCUT2D eigenvalue weighted by Crippen LogP contribution is -2.15. The highest BCUT2D eigenvalue weighted by Crippen LogP contribution is 2.15. The van der Waals surface area contributed by atoms with E-state index in [0.717, 1.165) is 0 Å². The number of amides is 1. The minimum absolute atomic E-state index is 0.0338. The Morgan fingerprint density at radius 2 is 1.90 bits per heavy atom. The summed E-state index contributed by atoms with van der Waals surface area (Å²) in [5.41, 5.74) is 0.595. The Kier molecular flexibility index (Phi) is 4.66. The molecule has 2 rings (SSSR count). The summed E-state index contributed by atoms with van der Waals surface area (Å²) >= 11 is 11.3. The summed E-state index contributed by atoms with van der Waals surface area (Å²) in [5, 5.41) is 13.1. The van der Waals surface area contributed by atoms with E-state index in [0.29, 0.717) is 5.56 Å². The summed E-state index contributed by atoms with van der Waals surface area (Å²) in [4.78, 5) is 29.3. The molecule has 1 aromatic carbocycles. The fourth-order valence-corrected chi connectivity index (χ4v) is 1.97. The van der Waals surface area contributed by atoms with Gasteiger partial charge in [0, 0.05) is 18.2 Å². The zero-order valence-corrected chi connectivity index (χ0v) is 11.9. The van der Waals surface area contributed by atoms with E-state index in [2.05, 4.69) is 15.3 Å². The van der Waals surface area contributed by atoms with Gasteiger partial charge >= 0.3 is 0 Å². The maximum Gasteiger partial charge on any atom is 0.269 e. The van der Waals surface area contributed by atoms with Gasteiger partial charge in [0.05, 0.1) is 11.3 Å². The van der Waals surface area contributed by atoms with Crippen LogP contribution >= 0.6 is 23.2 Å². The number of halogens is 2. The van der Waals surface area contributed by atoms with Crippen LogP contribution in [-0.2, 0) is 11.2 Å². The summed E-state index contributed by atoms with van der Waals surface area (Å²) in [6, 6.07) is 7.05. The van der Waals surface area contributed by atoms with Crippen LogP contribution < -0.4 is 5.32 Å². The SMILES string of the molecule is O=C(Cc1ccc([N+](=O)[O-])cc1)Nc1cc(Cl)nc(Cl)n1. The number of carbonyl (C=O) groups is 1. The minimum Gasteiger partial charge on any atom is -0.310 e. The lowest BCUT2D eigenvalue weighted by atomic mass is 10.1. The smallest absolute Gasteiger partial charge is 0.269 e. The number of rotatable bonds is 4. The molecule has 1 aromatic heterocycles. The van der Waals surface area contributed by atoms with E-state index in [-0.39, 0.29) is 34.3 Å². The molecule has 0 spiro atoms. The fraction of sp³-hybridized carbons (Fsp3) is 0.0833. The van der Waals surface area contributed by atoms with Crippen molar-refractivity contribution in [1.29, 1.82) is 0 Å². The number of hydrogen-bond donors (Lipinski definition) is 1. The second-order valence-corrected chi connectivity index (χ2v) is 4.72. The lowest BCUT2D eigenvalue weighted by Gasteiger charge is -2.05. The molecule has 108 valence electrons. The van der Waals surface area contributed by atoms with Crippen LogP contribution in [0.25, 0.3) is 0 Å². The predicted molar refractivity (Wildman–Crippen MR) is 77.5 cm³/mol. The maximum absolute atomic E-state index is 11.8. The molecule has 0 aliphatic heterocycles. The van der Waals surface area contributed by atoms with Crippen LogP contribution in [0.4, 0.5) is 11.5 Å². The third-order valence-electron chi connectivity index (χ3n) is 2.45. The maximum atomic E-state index is 11.8. The minimum atomic E-state index is -0.505. The van der Waals surface area contributed by atoms with Crippen LogP contribution in [0.2, 0.25) is 10.4 Å². The van der Waals surface area contributed by atoms with Gasteiger partial charge in [0.2, 0.25) is 11.2 Å². The van der Waals surface area contributed by atoms with Crippen molar-refractivity contribution in [1.82, 2.24) is 9.97 Å². The molecule has 0 saturated heterocycles. The van der Waals surface area contributed by atoms with Gasteiger partial charge in [0.1, 0.15) is 11.0 Å². The van der Waals surface area contributed by atoms with Crippen molar-refractivity contribution in [2.75, 3.05) is 5.32 Å². The molecule has 1 amide bonds. The van der Waals surface area contributed by atoms with Gasteiger partial charge in [-0.1, -0.05) is 23.7 Å². The number of nitrogens with zero attached hydrogens (tertiary/aromatic N) is 3. The van der Waals surface area contributed by atoms with E-state index in [1.54, 1.807) is 0 Å². The van der Waals surface area contributed by atoms with Gasteiger partial charge in [0.25, 0.3) is 5.69 Å². The van der Waals surface area contributed by atoms with E-state index < -0.39 is 4.92 Å². The van der Waals surface area contributed by atoms with Crippen LogP contribution in [0.3, 0.4) is 0 Å². The molecule has 2 aromatic rings. The second kappa shape index (κ2) is 6.47. The Bertz CT molecular complexity index is 671. The van der Waals surface area contributed by atoms with Crippen molar-refractivity contribution in [3.63, 3.8) is 0 Å². The van der Waals surface area contributed by atoms with Crippen LogP contribution in [0.1, 0.15) is 5.56 Å². The third kappa shape index (κ3) is 4.37. The quantitative estimate of drug-likeness (QED) is 0.403. The van der Waals surface area contributed by atoms with Crippen LogP contribution in [0.15, 0.2) is 30.3 Å². The van der Waals surface area contributed by atoms with Crippen molar-refractivity contribution < 1.29 is 9.72 Å². The average Bonchev–Trinajstić information content (AvgIpc) is 2.37. The number of carbonyl (C=O) groups excluding carboxylic acids is 1. The van der Waals surface area contributed by atoms with Crippen LogP contribution in [-0.4, -0.2) is 20.8 Å². The van der Waals surface area contributed by atoms with Crippen molar-refractivity contribution in [3.05, 3.63) is 56.4 Å². The molecule has 1 N–H and O–H groups in total. The lowest BCUT2D eigenvalue weighted by molar-refractivity contribution is -0.384. The van der Waals surface area contributed by atoms with Crippen molar-refractivity contribution in [2.45, 2.75) is 6.42 Å². The van der Waals surface area contributed by atoms with E-state index in [4.69, 9.17) is 23.2 Å². The number of anilines is 1. The Morgan fingerprint density at radius 1 is 1.24 bits per heavy atom. The molecular weight excluding hydrogens is 319 g/mol. The summed E-state index contributed by atoms with van der Waals surface area (Å²) in [6.07, 6.45) is 0.0389. The van der Waals surface area contributed by atoms with E-state index in [1.165, 1.54) is 30.3 Å². The first-order valence-corrected chi connectivity index (χ1v) is 6.43. The first-order chi connectivity index (χ1) is 9.94. The zero-order chi connectivity index (χ0) is 15.4. The Labute approximate surface area is 129 Å². The third-order valence-corrected chi connectivity index (χ3v) is 2.81. The molecule has 7 nitrogen and oxygen atoms in total. The van der Waals surface area contributed by atoms with E-state index >= 15 is 0 Å². The normalized spacial score (nSPS) is 10.2. The molecule has 0 aliphatic rings. The first kappa shape index (κ1) is 15.1. The first-order valence-electron chi connectivity index (χ1n) is 5.67. The Morgan fingerprint density at radius 3 is 2.48 bits per heavy atom. The van der Waals surface area contributed by atoms with Crippen LogP contribution in [0.5, 0.6) is 0 Å². The molecule has 0 aliphatic carbocycles. The number of hydrogen-bond acceptors (Lipinski definition) is 5. The molecule has 0 unspecified atom stereocenters. The van der Waals surface area contributed by atoms with Crippen molar-refractivity contribution in [2.24, 2.45) is 0 Å². The number of non-ortho nitro benzene ring substituents is 1. The molecule has 0 atom stereocenters. The summed E-state index contributed by atoms with van der Waals surface area (Å²) in [7, 11) is 0. The Hall–Kier alpha value is -2.25. The number of nitro groups is 1. The molecule has 0 bridgehead atoms. The van der Waals surface area contributed by atoms with Crippen molar-refractivity contribution >= 4 is 40.6 Å². The topological polar surface area (TPSA) is 98.0 Å². The van der Waals surface area contributed by atoms with Crippen LogP contribution in [0, 0.1) is 10.1 Å². The fourth-order valence-electron chi connectivity index (χ4n) is 1.56. The summed E-state index contributed by atoms with van der Waals surface area (Å²) < 4.78 is 0. The van der Waals surface area contributed by atoms with Gasteiger partial charge < -0.3 is 5.32 Å². The molecule has 9 heteroatoms. The second-order valence-electron chi connectivity index (χ2n) is 3.99. The zero-order valence-electron chi connectivity index (χ0n) is 10.4. The molecule has 0 fully saturated rings. The highest BCUT2D eigenvalue weighted by atomic mass is 35.5. The highest BCUT2D eigenvalue weighted by Gasteiger charge is 2.09. The number of nitro benzene ring substituents is 1. The predicted octanol–water partition coefficient (Wildman–Crippen LogP) is 2.87. The van der Waals surface area contributed by atoms with Crippen molar-refractivity contribution in [3.8, 4) is 0 Å². The van der Waals surface area contributed by atoms with Gasteiger partial charge in [-0.15, -0.1) is 0 Å². The largest absolute Gasteiger partial charge is 0.310 e. The summed E-state index contributed by atoms with van der Waals surface area (Å²) in [6.45, 7) is 0. The van der Waals surface area contributed by atoms with Gasteiger partial charge in [-0.05, 0) is 17.2 Å².